The molecule has 1 N–H and O–H groups in total. The molecule has 0 atom stereocenters. The summed E-state index contributed by atoms with van der Waals surface area (Å²) >= 11 is 14.9. The summed E-state index contributed by atoms with van der Waals surface area (Å²) in [4.78, 5) is 29.4. The van der Waals surface area contributed by atoms with E-state index in [1.165, 1.54) is 22.7 Å². The predicted octanol–water partition coefficient (Wildman–Crippen LogP) is 6.25. The topological polar surface area (TPSA) is 68.3 Å². The largest absolute Gasteiger partial charge is 0.462 e. The van der Waals surface area contributed by atoms with Crippen LogP contribution >= 0.6 is 45.9 Å². The maximum atomic E-state index is 12.7. The van der Waals surface area contributed by atoms with Gasteiger partial charge in [0, 0.05) is 15.1 Å². The Balaban J connectivity index is 1.62. The van der Waals surface area contributed by atoms with Crippen LogP contribution in [-0.2, 0) is 4.74 Å². The number of halogens is 2. The molecule has 0 spiro atoms. The summed E-state index contributed by atoms with van der Waals surface area (Å²) in [6.45, 7) is 2.06. The van der Waals surface area contributed by atoms with Crippen LogP contribution in [0, 0.1) is 0 Å². The van der Waals surface area contributed by atoms with Crippen LogP contribution in [-0.4, -0.2) is 23.5 Å². The number of hydrogen-bond donors (Lipinski definition) is 1. The van der Waals surface area contributed by atoms with Gasteiger partial charge in [-0.1, -0.05) is 40.6 Å². The van der Waals surface area contributed by atoms with Crippen LogP contribution in [0.2, 0.25) is 10.0 Å². The zero-order chi connectivity index (χ0) is 19.8. The molecule has 2 aromatic carbocycles. The SMILES string of the molecule is CCOC(=O)c1ccc2nc(NC(=O)c3sc4cc(Cl)ccc4c3Cl)sc2c1. The first-order chi connectivity index (χ1) is 13.5. The molecule has 0 radical (unpaired) electrons. The molecule has 0 saturated heterocycles. The molecule has 4 rings (SSSR count). The summed E-state index contributed by atoms with van der Waals surface area (Å²) < 4.78 is 6.62. The molecule has 0 fully saturated rings. The molecular formula is C19H12Cl2N2O3S2. The molecule has 0 unspecified atom stereocenters. The van der Waals surface area contributed by atoms with Gasteiger partial charge in [-0.2, -0.15) is 0 Å². The molecule has 0 saturated carbocycles. The van der Waals surface area contributed by atoms with Crippen molar-refractivity contribution in [3.05, 3.63) is 56.9 Å². The highest BCUT2D eigenvalue weighted by molar-refractivity contribution is 7.23. The van der Waals surface area contributed by atoms with Crippen LogP contribution in [0.5, 0.6) is 0 Å². The number of aromatic nitrogens is 1. The monoisotopic (exact) mass is 450 g/mol. The lowest BCUT2D eigenvalue weighted by atomic mass is 10.2. The number of carbonyl (C=O) groups is 2. The lowest BCUT2D eigenvalue weighted by molar-refractivity contribution is 0.0526. The molecule has 142 valence electrons. The number of amides is 1. The highest BCUT2D eigenvalue weighted by Gasteiger charge is 2.19. The van der Waals surface area contributed by atoms with Gasteiger partial charge in [0.1, 0.15) is 4.88 Å². The predicted molar refractivity (Wildman–Crippen MR) is 115 cm³/mol. The van der Waals surface area contributed by atoms with Crippen LogP contribution in [0.3, 0.4) is 0 Å². The molecule has 28 heavy (non-hydrogen) atoms. The summed E-state index contributed by atoms with van der Waals surface area (Å²) in [5.74, 6) is -0.730. The number of thiazole rings is 1. The van der Waals surface area contributed by atoms with Crippen LogP contribution in [0.15, 0.2) is 36.4 Å². The van der Waals surface area contributed by atoms with Gasteiger partial charge in [-0.05, 0) is 37.3 Å². The van der Waals surface area contributed by atoms with E-state index < -0.39 is 0 Å². The molecular weight excluding hydrogens is 439 g/mol. The summed E-state index contributed by atoms with van der Waals surface area (Å²) in [5.41, 5.74) is 1.13. The number of benzene rings is 2. The van der Waals surface area contributed by atoms with E-state index in [4.69, 9.17) is 27.9 Å². The van der Waals surface area contributed by atoms with E-state index >= 15 is 0 Å². The van der Waals surface area contributed by atoms with E-state index in [-0.39, 0.29) is 11.9 Å². The van der Waals surface area contributed by atoms with Crippen molar-refractivity contribution in [3.63, 3.8) is 0 Å². The normalized spacial score (nSPS) is 11.1. The van der Waals surface area contributed by atoms with Gasteiger partial charge in [-0.3, -0.25) is 10.1 Å². The van der Waals surface area contributed by atoms with E-state index in [2.05, 4.69) is 10.3 Å². The Labute approximate surface area is 177 Å². The van der Waals surface area contributed by atoms with Gasteiger partial charge in [0.2, 0.25) is 0 Å². The van der Waals surface area contributed by atoms with Crippen molar-refractivity contribution in [1.82, 2.24) is 4.98 Å². The zero-order valence-corrected chi connectivity index (χ0v) is 17.6. The minimum absolute atomic E-state index is 0.308. The van der Waals surface area contributed by atoms with Crippen LogP contribution in [0.4, 0.5) is 5.13 Å². The van der Waals surface area contributed by atoms with Gasteiger partial charge in [-0.25, -0.2) is 9.78 Å². The van der Waals surface area contributed by atoms with E-state index in [9.17, 15) is 9.59 Å². The molecule has 4 aromatic rings. The lowest BCUT2D eigenvalue weighted by Crippen LogP contribution is -2.10. The van der Waals surface area contributed by atoms with Crippen molar-refractivity contribution in [3.8, 4) is 0 Å². The van der Waals surface area contributed by atoms with Crippen LogP contribution in [0.1, 0.15) is 27.0 Å². The van der Waals surface area contributed by atoms with Crippen molar-refractivity contribution in [2.75, 3.05) is 11.9 Å². The van der Waals surface area contributed by atoms with Gasteiger partial charge in [-0.15, -0.1) is 11.3 Å². The Bertz CT molecular complexity index is 1230. The second-order valence-electron chi connectivity index (χ2n) is 5.76. The van der Waals surface area contributed by atoms with Gasteiger partial charge in [0.15, 0.2) is 5.13 Å². The van der Waals surface area contributed by atoms with Crippen molar-refractivity contribution in [2.45, 2.75) is 6.92 Å². The summed E-state index contributed by atoms with van der Waals surface area (Å²) in [5, 5.41) is 4.96. The Morgan fingerprint density at radius 2 is 1.93 bits per heavy atom. The third kappa shape index (κ3) is 3.58. The fraction of sp³-hybridized carbons (Fsp3) is 0.105. The lowest BCUT2D eigenvalue weighted by Gasteiger charge is -2.00. The molecule has 2 aromatic heterocycles. The zero-order valence-electron chi connectivity index (χ0n) is 14.4. The van der Waals surface area contributed by atoms with E-state index in [0.717, 1.165) is 14.8 Å². The standard InChI is InChI=1S/C19H12Cl2N2O3S2/c1-2-26-18(25)9-3-6-12-14(7-9)28-19(22-12)23-17(24)16-15(21)11-5-4-10(20)8-13(11)27-16/h3-8H,2H2,1H3,(H,22,23,24). The Kier molecular flexibility index (Phi) is 5.25. The number of thiophene rings is 1. The van der Waals surface area contributed by atoms with E-state index in [0.29, 0.717) is 37.7 Å². The Morgan fingerprint density at radius 3 is 2.71 bits per heavy atom. The quantitative estimate of drug-likeness (QED) is 0.373. The molecule has 5 nitrogen and oxygen atoms in total. The summed E-state index contributed by atoms with van der Waals surface area (Å²) in [6.07, 6.45) is 0. The maximum Gasteiger partial charge on any atom is 0.338 e. The Morgan fingerprint density at radius 1 is 1.11 bits per heavy atom. The summed E-state index contributed by atoms with van der Waals surface area (Å²) in [6, 6.07) is 10.4. The number of ether oxygens (including phenoxy) is 1. The third-order valence-electron chi connectivity index (χ3n) is 3.92. The number of anilines is 1. The first kappa shape index (κ1) is 19.1. The fourth-order valence-corrected chi connectivity index (χ4v) is 5.25. The molecule has 0 bridgehead atoms. The second kappa shape index (κ2) is 7.67. The number of rotatable bonds is 4. The fourth-order valence-electron chi connectivity index (χ4n) is 2.66. The molecule has 9 heteroatoms. The van der Waals surface area contributed by atoms with Crippen LogP contribution in [0.25, 0.3) is 20.3 Å². The van der Waals surface area contributed by atoms with Gasteiger partial charge >= 0.3 is 5.97 Å². The van der Waals surface area contributed by atoms with E-state index in [1.54, 1.807) is 43.3 Å². The molecule has 0 aliphatic rings. The average molecular weight is 451 g/mol. The maximum absolute atomic E-state index is 12.7. The third-order valence-corrected chi connectivity index (χ3v) is 6.74. The van der Waals surface area contributed by atoms with Crippen LogP contribution < -0.4 is 5.32 Å². The van der Waals surface area contributed by atoms with Gasteiger partial charge in [0.25, 0.3) is 5.91 Å². The van der Waals surface area contributed by atoms with Gasteiger partial charge < -0.3 is 4.74 Å². The molecule has 1 amide bonds. The van der Waals surface area contributed by atoms with Crippen molar-refractivity contribution in [1.29, 1.82) is 0 Å². The number of esters is 1. The number of carbonyl (C=O) groups excluding carboxylic acids is 2. The molecule has 0 aliphatic heterocycles. The van der Waals surface area contributed by atoms with Crippen molar-refractivity contribution < 1.29 is 14.3 Å². The minimum atomic E-state index is -0.390. The number of nitrogens with zero attached hydrogens (tertiary/aromatic N) is 1. The molecule has 2 heterocycles. The number of nitrogens with one attached hydrogen (secondary N) is 1. The minimum Gasteiger partial charge on any atom is -0.462 e. The average Bonchev–Trinajstić information content (AvgIpc) is 3.21. The van der Waals surface area contributed by atoms with Crippen molar-refractivity contribution in [2.24, 2.45) is 0 Å². The first-order valence-corrected chi connectivity index (χ1v) is 10.6. The number of hydrogen-bond acceptors (Lipinski definition) is 6. The number of fused-ring (bicyclic) bond motifs is 2. The molecule has 0 aliphatic carbocycles. The highest BCUT2D eigenvalue weighted by Crippen LogP contribution is 2.37. The Hall–Kier alpha value is -2.19. The van der Waals surface area contributed by atoms with Gasteiger partial charge in [0.05, 0.1) is 27.4 Å². The second-order valence-corrected chi connectivity index (χ2v) is 8.66. The summed E-state index contributed by atoms with van der Waals surface area (Å²) in [7, 11) is 0. The van der Waals surface area contributed by atoms with Crippen molar-refractivity contribution >= 4 is 83.2 Å². The van der Waals surface area contributed by atoms with E-state index in [1.807, 2.05) is 0 Å². The smallest absolute Gasteiger partial charge is 0.338 e. The highest BCUT2D eigenvalue weighted by atomic mass is 35.5. The first-order valence-electron chi connectivity index (χ1n) is 8.23.